The molecule has 0 unspecified atom stereocenters. The van der Waals surface area contributed by atoms with Crippen LogP contribution in [0, 0.1) is 0 Å². The lowest BCUT2D eigenvalue weighted by atomic mass is 10.1. The van der Waals surface area contributed by atoms with Gasteiger partial charge < -0.3 is 9.88 Å². The van der Waals surface area contributed by atoms with Crippen molar-refractivity contribution in [1.82, 2.24) is 4.57 Å². The van der Waals surface area contributed by atoms with Gasteiger partial charge in [0.25, 0.3) is 5.91 Å². The number of fused-ring (bicyclic) bond motifs is 1. The smallest absolute Gasteiger partial charge is 0.347 e. The van der Waals surface area contributed by atoms with E-state index in [2.05, 4.69) is 5.32 Å². The first-order chi connectivity index (χ1) is 13.1. The van der Waals surface area contributed by atoms with Crippen LogP contribution in [0.25, 0.3) is 10.9 Å². The van der Waals surface area contributed by atoms with Crippen LogP contribution in [0.15, 0.2) is 47.4 Å². The Morgan fingerprint density at radius 2 is 1.89 bits per heavy atom. The first kappa shape index (κ1) is 20.2. The van der Waals surface area contributed by atoms with Crippen LogP contribution < -0.4 is 10.7 Å². The number of hydrogen-bond donors (Lipinski definition) is 1. The first-order valence-electron chi connectivity index (χ1n) is 8.13. The predicted octanol–water partition coefficient (Wildman–Crippen LogP) is 5.60. The average molecular weight is 429 g/mol. The summed E-state index contributed by atoms with van der Waals surface area (Å²) in [4.78, 5) is 25.4. The monoisotopic (exact) mass is 428 g/mol. The number of pyridine rings is 1. The fourth-order valence-corrected chi connectivity index (χ4v) is 3.13. The molecule has 3 rings (SSSR count). The third-order valence-electron chi connectivity index (χ3n) is 4.19. The van der Waals surface area contributed by atoms with E-state index in [1.54, 1.807) is 13.0 Å². The number of nitrogens with zero attached hydrogens (tertiary/aromatic N) is 1. The van der Waals surface area contributed by atoms with E-state index in [0.29, 0.717) is 12.1 Å². The minimum atomic E-state index is -4.61. The van der Waals surface area contributed by atoms with E-state index in [4.69, 9.17) is 23.2 Å². The molecule has 1 heterocycles. The molecule has 0 spiro atoms. The number of halogens is 5. The van der Waals surface area contributed by atoms with Crippen LogP contribution in [-0.2, 0) is 12.7 Å². The van der Waals surface area contributed by atoms with Crippen LogP contribution >= 0.6 is 23.2 Å². The molecule has 0 aliphatic heterocycles. The minimum Gasteiger partial charge on any atom is -0.347 e. The molecule has 0 bridgehead atoms. The lowest BCUT2D eigenvalue weighted by Crippen LogP contribution is -2.24. The fraction of sp³-hybridized carbons (Fsp3) is 0.158. The van der Waals surface area contributed by atoms with Gasteiger partial charge in [0.15, 0.2) is 0 Å². The van der Waals surface area contributed by atoms with E-state index in [-0.39, 0.29) is 26.7 Å². The maximum Gasteiger partial charge on any atom is 0.416 e. The Kier molecular flexibility index (Phi) is 5.41. The second kappa shape index (κ2) is 7.48. The van der Waals surface area contributed by atoms with Crippen molar-refractivity contribution in [2.75, 3.05) is 5.32 Å². The molecule has 0 atom stereocenters. The summed E-state index contributed by atoms with van der Waals surface area (Å²) in [5.74, 6) is -0.796. The quantitative estimate of drug-likeness (QED) is 0.590. The maximum atomic E-state index is 13.0. The molecule has 9 heteroatoms. The Labute approximate surface area is 167 Å². The van der Waals surface area contributed by atoms with Crippen molar-refractivity contribution in [2.45, 2.75) is 19.6 Å². The second-order valence-electron chi connectivity index (χ2n) is 5.94. The van der Waals surface area contributed by atoms with Gasteiger partial charge in [-0.1, -0.05) is 29.3 Å². The molecule has 0 radical (unpaired) electrons. The van der Waals surface area contributed by atoms with E-state index >= 15 is 0 Å². The number of aromatic nitrogens is 1. The number of carbonyl (C=O) groups is 1. The minimum absolute atomic E-state index is 0.0912. The molecule has 146 valence electrons. The standard InChI is InChI=1S/C19H13Cl2F3N2O2/c1-2-26-9-12(18(28)25-14-5-3-4-13(20)16(14)21)17(27)11-8-10(19(22,23)24)6-7-15(11)26/h3-9H,2H2,1H3,(H,25,28). The predicted molar refractivity (Wildman–Crippen MR) is 103 cm³/mol. The number of anilines is 1. The van der Waals surface area contributed by atoms with Crippen LogP contribution in [0.2, 0.25) is 10.0 Å². The topological polar surface area (TPSA) is 51.1 Å². The molecule has 4 nitrogen and oxygen atoms in total. The zero-order valence-corrected chi connectivity index (χ0v) is 15.9. The van der Waals surface area contributed by atoms with Crippen LogP contribution in [0.4, 0.5) is 18.9 Å². The van der Waals surface area contributed by atoms with Crippen molar-refractivity contribution in [3.8, 4) is 0 Å². The molecule has 0 aliphatic rings. The zero-order chi connectivity index (χ0) is 20.6. The molecule has 2 aromatic carbocycles. The number of alkyl halides is 3. The largest absolute Gasteiger partial charge is 0.416 e. The summed E-state index contributed by atoms with van der Waals surface area (Å²) in [7, 11) is 0. The molecule has 0 saturated heterocycles. The highest BCUT2D eigenvalue weighted by Gasteiger charge is 2.31. The van der Waals surface area contributed by atoms with Gasteiger partial charge in [0.2, 0.25) is 5.43 Å². The molecular weight excluding hydrogens is 416 g/mol. The number of nitrogens with one attached hydrogen (secondary N) is 1. The van der Waals surface area contributed by atoms with Crippen molar-refractivity contribution in [3.63, 3.8) is 0 Å². The Balaban J connectivity index is 2.15. The van der Waals surface area contributed by atoms with Gasteiger partial charge in [-0.3, -0.25) is 9.59 Å². The number of benzene rings is 2. The summed E-state index contributed by atoms with van der Waals surface area (Å²) in [5, 5.41) is 2.58. The van der Waals surface area contributed by atoms with E-state index in [0.717, 1.165) is 12.1 Å². The van der Waals surface area contributed by atoms with Gasteiger partial charge in [-0.05, 0) is 37.3 Å². The van der Waals surface area contributed by atoms with E-state index in [1.165, 1.54) is 29.0 Å². The first-order valence-corrected chi connectivity index (χ1v) is 8.88. The van der Waals surface area contributed by atoms with Crippen molar-refractivity contribution >= 4 is 45.7 Å². The van der Waals surface area contributed by atoms with Crippen molar-refractivity contribution in [3.05, 3.63) is 74.0 Å². The molecule has 1 N–H and O–H groups in total. The molecule has 0 aliphatic carbocycles. The normalized spacial score (nSPS) is 11.6. The average Bonchev–Trinajstić information content (AvgIpc) is 2.64. The Morgan fingerprint density at radius 1 is 1.18 bits per heavy atom. The van der Waals surface area contributed by atoms with Gasteiger partial charge in [0.05, 0.1) is 26.8 Å². The summed E-state index contributed by atoms with van der Waals surface area (Å²) in [6, 6.07) is 7.46. The lowest BCUT2D eigenvalue weighted by molar-refractivity contribution is -0.137. The van der Waals surface area contributed by atoms with Gasteiger partial charge >= 0.3 is 6.18 Å². The summed E-state index contributed by atoms with van der Waals surface area (Å²) in [5.41, 5.74) is -1.58. The van der Waals surface area contributed by atoms with E-state index in [9.17, 15) is 22.8 Å². The van der Waals surface area contributed by atoms with E-state index in [1.807, 2.05) is 0 Å². The second-order valence-corrected chi connectivity index (χ2v) is 6.73. The van der Waals surface area contributed by atoms with Crippen LogP contribution in [0.5, 0.6) is 0 Å². The number of rotatable bonds is 3. The van der Waals surface area contributed by atoms with Gasteiger partial charge in [0, 0.05) is 18.1 Å². The zero-order valence-electron chi connectivity index (χ0n) is 14.4. The molecule has 3 aromatic rings. The molecule has 1 aromatic heterocycles. The van der Waals surface area contributed by atoms with Crippen LogP contribution in [-0.4, -0.2) is 10.5 Å². The molecule has 0 fully saturated rings. The van der Waals surface area contributed by atoms with Crippen molar-refractivity contribution in [2.24, 2.45) is 0 Å². The van der Waals surface area contributed by atoms with Gasteiger partial charge in [0.1, 0.15) is 5.56 Å². The third-order valence-corrected chi connectivity index (χ3v) is 5.01. The molecular formula is C19H13Cl2F3N2O2. The molecule has 1 amide bonds. The number of amides is 1. The van der Waals surface area contributed by atoms with Crippen molar-refractivity contribution < 1.29 is 18.0 Å². The van der Waals surface area contributed by atoms with Gasteiger partial charge in [-0.15, -0.1) is 0 Å². The SMILES string of the molecule is CCn1cc(C(=O)Nc2cccc(Cl)c2Cl)c(=O)c2cc(C(F)(F)F)ccc21. The van der Waals surface area contributed by atoms with Crippen LogP contribution in [0.3, 0.4) is 0 Å². The summed E-state index contributed by atoms with van der Waals surface area (Å²) >= 11 is 11.9. The highest BCUT2D eigenvalue weighted by atomic mass is 35.5. The van der Waals surface area contributed by atoms with Crippen molar-refractivity contribution in [1.29, 1.82) is 0 Å². The maximum absolute atomic E-state index is 13.0. The van der Waals surface area contributed by atoms with Gasteiger partial charge in [-0.25, -0.2) is 0 Å². The van der Waals surface area contributed by atoms with Gasteiger partial charge in [-0.2, -0.15) is 13.2 Å². The fourth-order valence-electron chi connectivity index (χ4n) is 2.79. The highest BCUT2D eigenvalue weighted by molar-refractivity contribution is 6.44. The summed E-state index contributed by atoms with van der Waals surface area (Å²) < 4.78 is 40.7. The number of aryl methyl sites for hydroxylation is 1. The number of hydrogen-bond acceptors (Lipinski definition) is 2. The summed E-state index contributed by atoms with van der Waals surface area (Å²) in [6.45, 7) is 2.09. The number of carbonyl (C=O) groups excluding carboxylic acids is 1. The Hall–Kier alpha value is -2.51. The van der Waals surface area contributed by atoms with Crippen LogP contribution in [0.1, 0.15) is 22.8 Å². The molecule has 0 saturated carbocycles. The Morgan fingerprint density at radius 3 is 2.54 bits per heavy atom. The lowest BCUT2D eigenvalue weighted by Gasteiger charge is -2.14. The molecule has 28 heavy (non-hydrogen) atoms. The highest BCUT2D eigenvalue weighted by Crippen LogP contribution is 2.31. The third kappa shape index (κ3) is 3.72. The summed E-state index contributed by atoms with van der Waals surface area (Å²) in [6.07, 6.45) is -3.30. The Bertz CT molecular complexity index is 1140. The van der Waals surface area contributed by atoms with E-state index < -0.39 is 23.1 Å².